The largest absolute Gasteiger partial charge is 0.206 e. The van der Waals surface area contributed by atoms with Crippen LogP contribution in [-0.4, -0.2) is 5.88 Å². The minimum absolute atomic E-state index is 0.312. The average molecular weight is 233 g/mol. The predicted octanol–water partition coefficient (Wildman–Crippen LogP) is 4.51. The lowest BCUT2D eigenvalue weighted by molar-refractivity contribution is 0.625. The second-order valence-corrected chi connectivity index (χ2v) is 3.60. The summed E-state index contributed by atoms with van der Waals surface area (Å²) in [6.45, 7) is 1.98. The van der Waals surface area contributed by atoms with Crippen molar-refractivity contribution >= 4 is 29.3 Å². The summed E-state index contributed by atoms with van der Waals surface area (Å²) in [6.07, 6.45) is 2.51. The number of halogens is 3. The summed E-state index contributed by atoms with van der Waals surface area (Å²) in [5.41, 5.74) is 1.39. The molecule has 1 aromatic carbocycles. The van der Waals surface area contributed by atoms with Crippen molar-refractivity contribution < 1.29 is 4.39 Å². The molecule has 0 radical (unpaired) electrons. The van der Waals surface area contributed by atoms with Crippen molar-refractivity contribution in [3.63, 3.8) is 0 Å². The molecule has 0 saturated heterocycles. The number of hydrogen-bond donors (Lipinski definition) is 0. The molecule has 3 heteroatoms. The second kappa shape index (κ2) is 5.38. The molecule has 0 aliphatic heterocycles. The van der Waals surface area contributed by atoms with Crippen LogP contribution < -0.4 is 0 Å². The van der Waals surface area contributed by atoms with Crippen LogP contribution >= 0.6 is 23.2 Å². The van der Waals surface area contributed by atoms with Crippen molar-refractivity contribution in [1.82, 2.24) is 0 Å². The van der Waals surface area contributed by atoms with Gasteiger partial charge < -0.3 is 0 Å². The molecule has 0 aliphatic rings. The zero-order valence-electron chi connectivity index (χ0n) is 7.86. The average Bonchev–Trinajstić information content (AvgIpc) is 2.18. The Kier molecular flexibility index (Phi) is 4.43. The third kappa shape index (κ3) is 2.73. The maximum Gasteiger partial charge on any atom is 0.131 e. The quantitative estimate of drug-likeness (QED) is 0.673. The number of allylic oxidation sites excluding steroid dienone is 1. The first-order valence-electron chi connectivity index (χ1n) is 4.38. The summed E-state index contributed by atoms with van der Waals surface area (Å²) in [4.78, 5) is 0. The van der Waals surface area contributed by atoms with Gasteiger partial charge in [-0.3, -0.25) is 0 Å². The summed E-state index contributed by atoms with van der Waals surface area (Å²) in [6, 6.07) is 4.64. The van der Waals surface area contributed by atoms with Crippen molar-refractivity contribution in [2.45, 2.75) is 13.3 Å². The molecule has 0 heterocycles. The molecule has 1 rings (SSSR count). The molecule has 0 saturated carbocycles. The van der Waals surface area contributed by atoms with E-state index in [1.807, 2.05) is 6.92 Å². The Hall–Kier alpha value is -0.530. The molecule has 0 N–H and O–H groups in total. The van der Waals surface area contributed by atoms with E-state index < -0.39 is 0 Å². The maximum atomic E-state index is 13.3. The van der Waals surface area contributed by atoms with Gasteiger partial charge in [0.15, 0.2) is 0 Å². The molecule has 0 aliphatic carbocycles. The van der Waals surface area contributed by atoms with E-state index in [4.69, 9.17) is 23.2 Å². The van der Waals surface area contributed by atoms with Crippen molar-refractivity contribution in [2.24, 2.45) is 0 Å². The van der Waals surface area contributed by atoms with Crippen molar-refractivity contribution in [3.8, 4) is 0 Å². The van der Waals surface area contributed by atoms with Crippen molar-refractivity contribution in [2.75, 3.05) is 5.88 Å². The van der Waals surface area contributed by atoms with Crippen molar-refractivity contribution in [3.05, 3.63) is 40.2 Å². The molecule has 0 aromatic heterocycles. The van der Waals surface area contributed by atoms with E-state index in [0.29, 0.717) is 16.5 Å². The molecule has 76 valence electrons. The molecule has 14 heavy (non-hydrogen) atoms. The van der Waals surface area contributed by atoms with E-state index in [-0.39, 0.29) is 5.82 Å². The fourth-order valence-electron chi connectivity index (χ4n) is 1.09. The molecule has 0 nitrogen and oxygen atoms in total. The Balaban J connectivity index is 3.12. The summed E-state index contributed by atoms with van der Waals surface area (Å²) in [7, 11) is 0. The van der Waals surface area contributed by atoms with Gasteiger partial charge in [0.05, 0.1) is 5.02 Å². The van der Waals surface area contributed by atoms with Crippen LogP contribution in [0.3, 0.4) is 0 Å². The highest BCUT2D eigenvalue weighted by atomic mass is 35.5. The standard InChI is InChI=1S/C11H11Cl2F/c1-2-8(7-12)6-9-10(13)4-3-5-11(9)14/h3-6H,2,7H2,1H3/b8-6-. The number of benzene rings is 1. The summed E-state index contributed by atoms with van der Waals surface area (Å²) in [5, 5.41) is 0.418. The molecule has 0 unspecified atom stereocenters. The fraction of sp³-hybridized carbons (Fsp3) is 0.273. The van der Waals surface area contributed by atoms with Gasteiger partial charge in [0.1, 0.15) is 5.82 Å². The van der Waals surface area contributed by atoms with Gasteiger partial charge in [0.25, 0.3) is 0 Å². The SMILES string of the molecule is CC/C(=C/c1c(F)cccc1Cl)CCl. The molecule has 0 bridgehead atoms. The Labute approximate surface area is 93.3 Å². The lowest BCUT2D eigenvalue weighted by Crippen LogP contribution is -1.87. The van der Waals surface area contributed by atoms with E-state index >= 15 is 0 Å². The highest BCUT2D eigenvalue weighted by molar-refractivity contribution is 6.32. The van der Waals surface area contributed by atoms with Gasteiger partial charge in [-0.1, -0.05) is 36.2 Å². The normalized spacial score (nSPS) is 11.9. The number of alkyl halides is 1. The molecule has 0 fully saturated rings. The van der Waals surface area contributed by atoms with Crippen LogP contribution in [-0.2, 0) is 0 Å². The zero-order chi connectivity index (χ0) is 10.6. The smallest absolute Gasteiger partial charge is 0.131 e. The lowest BCUT2D eigenvalue weighted by atomic mass is 10.1. The van der Waals surface area contributed by atoms with Crippen molar-refractivity contribution in [1.29, 1.82) is 0 Å². The van der Waals surface area contributed by atoms with Crippen LogP contribution in [0, 0.1) is 5.82 Å². The van der Waals surface area contributed by atoms with Gasteiger partial charge in [0, 0.05) is 11.4 Å². The fourth-order valence-corrected chi connectivity index (χ4v) is 1.57. The lowest BCUT2D eigenvalue weighted by Gasteiger charge is -2.03. The van der Waals surface area contributed by atoms with E-state index in [1.165, 1.54) is 6.07 Å². The van der Waals surface area contributed by atoms with Gasteiger partial charge in [0.2, 0.25) is 0 Å². The summed E-state index contributed by atoms with van der Waals surface area (Å²) in [5.74, 6) is 0.0924. The maximum absolute atomic E-state index is 13.3. The van der Waals surface area contributed by atoms with Crippen LogP contribution in [0.4, 0.5) is 4.39 Å². The summed E-state index contributed by atoms with van der Waals surface area (Å²) >= 11 is 11.5. The Morgan fingerprint density at radius 2 is 2.21 bits per heavy atom. The predicted molar refractivity (Wildman–Crippen MR) is 60.4 cm³/mol. The molecular weight excluding hydrogens is 222 g/mol. The van der Waals surface area contributed by atoms with Crippen LogP contribution in [0.25, 0.3) is 6.08 Å². The molecule has 0 atom stereocenters. The van der Waals surface area contributed by atoms with E-state index in [2.05, 4.69) is 0 Å². The Bertz CT molecular complexity index is 319. The van der Waals surface area contributed by atoms with Crippen LogP contribution in [0.5, 0.6) is 0 Å². The Morgan fingerprint density at radius 3 is 2.71 bits per heavy atom. The first-order chi connectivity index (χ1) is 6.69. The van der Waals surface area contributed by atoms with Gasteiger partial charge in [-0.15, -0.1) is 11.6 Å². The van der Waals surface area contributed by atoms with Gasteiger partial charge in [-0.2, -0.15) is 0 Å². The number of hydrogen-bond acceptors (Lipinski definition) is 0. The highest BCUT2D eigenvalue weighted by Crippen LogP contribution is 2.22. The topological polar surface area (TPSA) is 0 Å². The Morgan fingerprint density at radius 1 is 1.50 bits per heavy atom. The summed E-state index contributed by atoms with van der Waals surface area (Å²) < 4.78 is 13.3. The minimum Gasteiger partial charge on any atom is -0.206 e. The van der Waals surface area contributed by atoms with Crippen LogP contribution in [0.1, 0.15) is 18.9 Å². The van der Waals surface area contributed by atoms with E-state index in [1.54, 1.807) is 18.2 Å². The molecule has 0 spiro atoms. The van der Waals surface area contributed by atoms with Crippen LogP contribution in [0.15, 0.2) is 23.8 Å². The first-order valence-corrected chi connectivity index (χ1v) is 5.29. The van der Waals surface area contributed by atoms with Gasteiger partial charge in [-0.05, 0) is 18.6 Å². The molecule has 0 amide bonds. The molecule has 1 aromatic rings. The number of rotatable bonds is 3. The van der Waals surface area contributed by atoms with E-state index in [0.717, 1.165) is 12.0 Å². The monoisotopic (exact) mass is 232 g/mol. The van der Waals surface area contributed by atoms with E-state index in [9.17, 15) is 4.39 Å². The van der Waals surface area contributed by atoms with Gasteiger partial charge >= 0.3 is 0 Å². The van der Waals surface area contributed by atoms with Gasteiger partial charge in [-0.25, -0.2) is 4.39 Å². The first kappa shape index (κ1) is 11.5. The minimum atomic E-state index is -0.312. The highest BCUT2D eigenvalue weighted by Gasteiger charge is 2.04. The zero-order valence-corrected chi connectivity index (χ0v) is 9.37. The third-order valence-corrected chi connectivity index (χ3v) is 2.65. The third-order valence-electron chi connectivity index (χ3n) is 1.97. The van der Waals surface area contributed by atoms with Crippen LogP contribution in [0.2, 0.25) is 5.02 Å². The molecular formula is C11H11Cl2F. The second-order valence-electron chi connectivity index (χ2n) is 2.93.